The lowest BCUT2D eigenvalue weighted by atomic mass is 10.0. The lowest BCUT2D eigenvalue weighted by molar-refractivity contribution is -0.132. The Morgan fingerprint density at radius 3 is 0.796 bits per heavy atom. The Bertz CT molecular complexity index is 1810. The Morgan fingerprint density at radius 1 is 0.327 bits per heavy atom. The Morgan fingerprint density at radius 2 is 0.551 bits per heavy atom. The van der Waals surface area contributed by atoms with Crippen LogP contribution in [-0.2, 0) is 46.4 Å². The van der Waals surface area contributed by atoms with Crippen LogP contribution in [0.2, 0.25) is 0 Å². The molecule has 4 unspecified atom stereocenters. The number of phosphoric ester groups is 2. The molecule has 20 nitrogen and oxygen atoms in total. The van der Waals surface area contributed by atoms with Gasteiger partial charge in [-0.15, -0.1) is 0 Å². The number of nitrogens with one attached hydrogen (secondary N) is 4. The van der Waals surface area contributed by atoms with E-state index in [1.165, 1.54) is 214 Å². The topological polar surface area (TPSA) is 309 Å². The molecule has 0 rings (SSSR count). The highest BCUT2D eigenvalue weighted by molar-refractivity contribution is 8.76. The van der Waals surface area contributed by atoms with E-state index in [1.54, 1.807) is 0 Å². The van der Waals surface area contributed by atoms with Crippen LogP contribution in [0.1, 0.15) is 374 Å². The summed E-state index contributed by atoms with van der Waals surface area (Å²) < 4.78 is 46.2. The molecule has 0 aliphatic rings. The van der Waals surface area contributed by atoms with E-state index in [0.717, 1.165) is 89.9 Å². The predicted molar refractivity (Wildman–Crippen MR) is 405 cm³/mol. The Hall–Kier alpha value is -1.36. The number of aliphatic hydroxyl groups excluding tert-OH is 4. The van der Waals surface area contributed by atoms with Crippen molar-refractivity contribution in [2.75, 3.05) is 37.8 Å². The number of aliphatic hydroxyl groups is 4. The van der Waals surface area contributed by atoms with Crippen LogP contribution in [0, 0.1) is 0 Å². The fourth-order valence-electron chi connectivity index (χ4n) is 12.0. The number of hydrogen-bond acceptors (Lipinski definition) is 16. The molecule has 98 heavy (non-hydrogen) atoms. The summed E-state index contributed by atoms with van der Waals surface area (Å²) in [6.07, 6.45) is 49.1. The molecular formula is C74H148N4O16P2S2. The zero-order valence-electron chi connectivity index (χ0n) is 62.4. The van der Waals surface area contributed by atoms with Crippen LogP contribution in [0.4, 0.5) is 0 Å². The highest BCUT2D eigenvalue weighted by Crippen LogP contribution is 2.46. The largest absolute Gasteiger partial charge is 0.474 e. The van der Waals surface area contributed by atoms with Crippen molar-refractivity contribution in [3.63, 3.8) is 0 Å². The van der Waals surface area contributed by atoms with Gasteiger partial charge in [0.15, 0.2) is 12.6 Å². The van der Waals surface area contributed by atoms with Crippen molar-refractivity contribution in [2.45, 2.75) is 411 Å². The molecule has 10 N–H and O–H groups in total. The Balaban J connectivity index is 4.90. The highest BCUT2D eigenvalue weighted by Gasteiger charge is 2.37. The fourth-order valence-corrected chi connectivity index (χ4v) is 15.5. The van der Waals surface area contributed by atoms with Gasteiger partial charge < -0.3 is 51.5 Å². The molecule has 0 saturated carbocycles. The summed E-state index contributed by atoms with van der Waals surface area (Å²) in [4.78, 5) is 72.4. The smallest absolute Gasteiger partial charge is 0.391 e. The van der Waals surface area contributed by atoms with Gasteiger partial charge in [-0.05, 0) is 25.7 Å². The number of phosphoric acid groups is 2. The van der Waals surface area contributed by atoms with Crippen LogP contribution in [0.5, 0.6) is 0 Å². The first-order valence-electron chi connectivity index (χ1n) is 39.8. The molecule has 0 heterocycles. The van der Waals surface area contributed by atoms with Crippen molar-refractivity contribution in [2.24, 2.45) is 0 Å². The molecule has 0 aliphatic heterocycles. The molecule has 0 spiro atoms. The summed E-state index contributed by atoms with van der Waals surface area (Å²) in [7, 11) is -7.12. The lowest BCUT2D eigenvalue weighted by Crippen LogP contribution is -2.51. The first-order chi connectivity index (χ1) is 47.4. The third kappa shape index (κ3) is 64.3. The standard InChI is InChI=1S/C74H148N4O16P2S2/c1-5-9-13-17-21-25-29-31-35-37-41-45-49-53-65(79)71(77-69(83)55-51-47-43-39-33-27-23-19-15-11-7-3)73(85)93-95(87,88)91-61-59-75-67(81)57-63-97-98-64-58-68(82)76-60-62-92-96(89,90)94-74(86)72(78-70(84)56-52-48-44-40-34-28-24-20-16-12-8-4)66(80)54-50-46-42-38-36-32-30-26-22-18-14-10-6-2/h65-66,71-74,79-80,85-86H,5-64H2,1-4H3,(H,75,81)(H,76,82)(H,77,83)(H,78,84)(H,87,88)(H,89,90)/t65-,66-,71-,72-,73?,74?/m1/s1. The number of carbonyl (C=O) groups excluding carboxylic acids is 4. The molecule has 0 bridgehead atoms. The zero-order chi connectivity index (χ0) is 72.3. The van der Waals surface area contributed by atoms with Crippen molar-refractivity contribution in [1.82, 2.24) is 21.3 Å². The van der Waals surface area contributed by atoms with Crippen LogP contribution in [0.15, 0.2) is 0 Å². The van der Waals surface area contributed by atoms with Gasteiger partial charge in [0.1, 0.15) is 12.1 Å². The SMILES string of the molecule is CCCCCCCCCCCCCCC[C@@H](O)[C@@H](NC(=O)CCCCCCCCCCCCC)C(O)OP(=O)(O)OCCNC(=O)CCSSCCC(=O)NCCOP(=O)(O)OC(O)[C@H](NC(=O)CCCCCCCCCCCCC)[C@H](O)CCCCCCCCCCCCCCC. The van der Waals surface area contributed by atoms with Crippen molar-refractivity contribution in [1.29, 1.82) is 0 Å². The Labute approximate surface area is 604 Å². The predicted octanol–water partition coefficient (Wildman–Crippen LogP) is 18.3. The molecule has 8 atom stereocenters. The number of amides is 4. The molecule has 0 aromatic carbocycles. The summed E-state index contributed by atoms with van der Waals surface area (Å²) in [5, 5.41) is 55.1. The molecular weight excluding hydrogens is 1330 g/mol. The summed E-state index contributed by atoms with van der Waals surface area (Å²) in [5.74, 6) is -0.758. The summed E-state index contributed by atoms with van der Waals surface area (Å²) >= 11 is 0. The van der Waals surface area contributed by atoms with E-state index in [1.807, 2.05) is 0 Å². The van der Waals surface area contributed by atoms with Gasteiger partial charge in [0, 0.05) is 50.3 Å². The minimum atomic E-state index is -4.92. The number of rotatable bonds is 77. The maximum absolute atomic E-state index is 13.1. The molecule has 0 aromatic rings. The maximum atomic E-state index is 13.1. The van der Waals surface area contributed by atoms with Crippen LogP contribution >= 0.6 is 37.2 Å². The second-order valence-corrected chi connectivity index (χ2v) is 32.9. The molecule has 4 amide bonds. The van der Waals surface area contributed by atoms with Crippen molar-refractivity contribution in [3.8, 4) is 0 Å². The van der Waals surface area contributed by atoms with E-state index in [-0.39, 0.29) is 63.4 Å². The second-order valence-electron chi connectivity index (χ2n) is 27.4. The van der Waals surface area contributed by atoms with Gasteiger partial charge in [-0.25, -0.2) is 9.13 Å². The van der Waals surface area contributed by atoms with Crippen molar-refractivity contribution >= 4 is 60.9 Å². The quantitative estimate of drug-likeness (QED) is 0.0117. The number of hydrogen-bond donors (Lipinski definition) is 10. The molecule has 0 aromatic heterocycles. The first kappa shape index (κ1) is 96.6. The van der Waals surface area contributed by atoms with Gasteiger partial charge in [0.05, 0.1) is 25.4 Å². The molecule has 0 radical (unpaired) electrons. The van der Waals surface area contributed by atoms with Gasteiger partial charge in [-0.2, -0.15) is 0 Å². The van der Waals surface area contributed by atoms with E-state index < -0.39 is 77.5 Å². The van der Waals surface area contributed by atoms with Crippen LogP contribution < -0.4 is 21.3 Å². The minimum Gasteiger partial charge on any atom is -0.391 e. The van der Waals surface area contributed by atoms with E-state index in [0.29, 0.717) is 37.2 Å². The number of unbranched alkanes of at least 4 members (excludes halogenated alkanes) is 44. The third-order valence-corrected chi connectivity index (χ3v) is 22.5. The summed E-state index contributed by atoms with van der Waals surface area (Å²) in [6.45, 7) is 7.73. The molecule has 0 fully saturated rings. The average Bonchev–Trinajstić information content (AvgIpc) is 0.908. The normalized spacial score (nSPS) is 14.8. The summed E-state index contributed by atoms with van der Waals surface area (Å²) in [6, 6.07) is -2.75. The van der Waals surface area contributed by atoms with Crippen LogP contribution in [0.3, 0.4) is 0 Å². The zero-order valence-corrected chi connectivity index (χ0v) is 65.8. The van der Waals surface area contributed by atoms with E-state index >= 15 is 0 Å². The number of carbonyl (C=O) groups is 4. The monoisotopic (exact) mass is 1470 g/mol. The van der Waals surface area contributed by atoms with Gasteiger partial charge >= 0.3 is 15.6 Å². The Kier molecular flexibility index (Phi) is 69.0. The lowest BCUT2D eigenvalue weighted by Gasteiger charge is -2.29. The van der Waals surface area contributed by atoms with E-state index in [2.05, 4.69) is 49.0 Å². The molecule has 0 saturated heterocycles. The van der Waals surface area contributed by atoms with E-state index in [4.69, 9.17) is 18.1 Å². The third-order valence-electron chi connectivity index (χ3n) is 18.1. The van der Waals surface area contributed by atoms with Gasteiger partial charge in [-0.1, -0.05) is 345 Å². The van der Waals surface area contributed by atoms with Gasteiger partial charge in [-0.3, -0.25) is 37.3 Å². The average molecular weight is 1480 g/mol. The van der Waals surface area contributed by atoms with Crippen molar-refractivity contribution in [3.05, 3.63) is 0 Å². The van der Waals surface area contributed by atoms with Gasteiger partial charge in [0.2, 0.25) is 23.6 Å². The van der Waals surface area contributed by atoms with Crippen molar-refractivity contribution < 1.29 is 76.6 Å². The first-order valence-corrected chi connectivity index (χ1v) is 45.3. The van der Waals surface area contributed by atoms with Crippen LogP contribution in [-0.4, -0.2) is 129 Å². The maximum Gasteiger partial charge on any atom is 0.474 e. The fraction of sp³-hybridized carbons (Fsp3) is 0.946. The van der Waals surface area contributed by atoms with Crippen LogP contribution in [0.25, 0.3) is 0 Å². The highest BCUT2D eigenvalue weighted by atomic mass is 33.1. The van der Waals surface area contributed by atoms with Gasteiger partial charge in [0.25, 0.3) is 0 Å². The summed E-state index contributed by atoms with van der Waals surface area (Å²) in [5.41, 5.74) is 0. The molecule has 0 aliphatic carbocycles. The molecule has 582 valence electrons. The molecule has 24 heteroatoms. The van der Waals surface area contributed by atoms with E-state index in [9.17, 15) is 58.5 Å². The second kappa shape index (κ2) is 70.0. The minimum absolute atomic E-state index is 0.0912.